The Morgan fingerprint density at radius 3 is 2.69 bits per heavy atom. The second-order valence-electron chi connectivity index (χ2n) is 10.2. The lowest BCUT2D eigenvalue weighted by Crippen LogP contribution is -2.50. The average molecular weight is 493 g/mol. The number of rotatable bonds is 6. The van der Waals surface area contributed by atoms with Crippen molar-refractivity contribution in [3.8, 4) is 5.75 Å². The van der Waals surface area contributed by atoms with Crippen LogP contribution in [-0.4, -0.2) is 40.0 Å². The molecule has 0 aliphatic carbocycles. The molecule has 1 unspecified atom stereocenters. The second kappa shape index (κ2) is 9.84. The van der Waals surface area contributed by atoms with Crippen LogP contribution < -0.4 is 10.5 Å². The lowest BCUT2D eigenvalue weighted by Gasteiger charge is -2.36. The number of nitrogens with two attached hydrogens (primary N) is 1. The van der Waals surface area contributed by atoms with Gasteiger partial charge < -0.3 is 10.5 Å². The average Bonchev–Trinajstić information content (AvgIpc) is 2.83. The molecule has 2 N–H and O–H groups in total. The van der Waals surface area contributed by atoms with Crippen molar-refractivity contribution in [3.05, 3.63) is 65.0 Å². The van der Waals surface area contributed by atoms with E-state index in [9.17, 15) is 14.0 Å². The third kappa shape index (κ3) is 5.32. The third-order valence-electron chi connectivity index (χ3n) is 7.09. The predicted molar refractivity (Wildman–Crippen MR) is 138 cm³/mol. The molecule has 190 valence electrons. The van der Waals surface area contributed by atoms with Crippen molar-refractivity contribution in [2.75, 3.05) is 0 Å². The molecule has 1 atom stereocenters. The monoisotopic (exact) mass is 492 g/mol. The minimum absolute atomic E-state index is 0.0711. The number of carbonyl (C=O) groups excluding carboxylic acids is 2. The maximum absolute atomic E-state index is 13.7. The van der Waals surface area contributed by atoms with E-state index in [0.29, 0.717) is 24.2 Å². The first-order valence-electron chi connectivity index (χ1n) is 12.4. The second-order valence-corrected chi connectivity index (χ2v) is 10.2. The van der Waals surface area contributed by atoms with Crippen LogP contribution in [-0.2, 0) is 11.3 Å². The molecule has 0 bridgehead atoms. The predicted octanol–water partition coefficient (Wildman–Crippen LogP) is 4.99. The van der Waals surface area contributed by atoms with E-state index in [1.165, 1.54) is 17.0 Å². The number of amides is 2. The molecule has 8 heteroatoms. The molecule has 4 rings (SSSR count). The summed E-state index contributed by atoms with van der Waals surface area (Å²) in [5.41, 5.74) is 7.19. The van der Waals surface area contributed by atoms with Crippen LogP contribution in [0.4, 0.5) is 4.39 Å². The zero-order chi connectivity index (χ0) is 26.1. The Bertz CT molecular complexity index is 1230. The lowest BCUT2D eigenvalue weighted by molar-refractivity contribution is -0.130. The molecule has 7 nitrogen and oxygen atoms in total. The van der Waals surface area contributed by atoms with Gasteiger partial charge in [0.05, 0.1) is 18.5 Å². The van der Waals surface area contributed by atoms with E-state index in [0.717, 1.165) is 24.0 Å². The lowest BCUT2D eigenvalue weighted by atomic mass is 9.85. The number of guanidine groups is 1. The zero-order valence-corrected chi connectivity index (χ0v) is 21.3. The van der Waals surface area contributed by atoms with Gasteiger partial charge in [0, 0.05) is 29.3 Å². The van der Waals surface area contributed by atoms with Crippen molar-refractivity contribution in [1.29, 1.82) is 0 Å². The minimum Gasteiger partial charge on any atom is -0.487 e. The molecule has 2 aliphatic heterocycles. The van der Waals surface area contributed by atoms with Crippen LogP contribution >= 0.6 is 0 Å². The highest BCUT2D eigenvalue weighted by atomic mass is 19.1. The fourth-order valence-corrected chi connectivity index (χ4v) is 4.91. The van der Waals surface area contributed by atoms with E-state index in [1.807, 2.05) is 33.8 Å². The van der Waals surface area contributed by atoms with Crippen LogP contribution in [0, 0.1) is 5.82 Å². The molecule has 2 aromatic rings. The first-order chi connectivity index (χ1) is 17.0. The molecule has 0 saturated carbocycles. The molecule has 2 heterocycles. The van der Waals surface area contributed by atoms with Crippen LogP contribution in [0.3, 0.4) is 0 Å². The number of hydrogen-bond donors (Lipinski definition) is 1. The number of nitrogens with zero attached hydrogens (tertiary/aromatic N) is 3. The SMILES string of the molecule is CCC1(CC)CC(=O)N(Cc2cccc(C(=O)N=CC3CC(C)(C)Oc4cc(F)ccc43)c2)C(N)=N1. The van der Waals surface area contributed by atoms with Gasteiger partial charge in [-0.2, -0.15) is 0 Å². The molecule has 0 fully saturated rings. The van der Waals surface area contributed by atoms with Gasteiger partial charge in [-0.25, -0.2) is 14.4 Å². The van der Waals surface area contributed by atoms with Gasteiger partial charge in [-0.3, -0.25) is 14.5 Å². The van der Waals surface area contributed by atoms with Crippen molar-refractivity contribution in [1.82, 2.24) is 4.90 Å². The molecular weight excluding hydrogens is 459 g/mol. The summed E-state index contributed by atoms with van der Waals surface area (Å²) in [6.45, 7) is 8.10. The van der Waals surface area contributed by atoms with E-state index in [4.69, 9.17) is 10.5 Å². The fraction of sp³-hybridized carbons (Fsp3) is 0.429. The van der Waals surface area contributed by atoms with Crippen molar-refractivity contribution >= 4 is 24.0 Å². The van der Waals surface area contributed by atoms with Crippen LogP contribution in [0.25, 0.3) is 0 Å². The van der Waals surface area contributed by atoms with Gasteiger partial charge in [-0.15, -0.1) is 0 Å². The topological polar surface area (TPSA) is 97.3 Å². The summed E-state index contributed by atoms with van der Waals surface area (Å²) in [5.74, 6) is -0.343. The summed E-state index contributed by atoms with van der Waals surface area (Å²) in [6, 6.07) is 11.4. The van der Waals surface area contributed by atoms with Gasteiger partial charge in [-0.05, 0) is 56.9 Å². The Balaban J connectivity index is 1.51. The Morgan fingerprint density at radius 1 is 1.25 bits per heavy atom. The van der Waals surface area contributed by atoms with Crippen molar-refractivity contribution < 1.29 is 18.7 Å². The summed E-state index contributed by atoms with van der Waals surface area (Å²) in [7, 11) is 0. The molecule has 0 spiro atoms. The molecule has 0 aromatic heterocycles. The van der Waals surface area contributed by atoms with E-state index >= 15 is 0 Å². The van der Waals surface area contributed by atoms with E-state index in [1.54, 1.807) is 30.5 Å². The zero-order valence-electron chi connectivity index (χ0n) is 21.3. The standard InChI is InChI=1S/C28H33FN4O3/c1-5-28(6-2)15-24(34)33(26(30)32-28)17-18-8-7-9-19(12-18)25(35)31-16-20-14-27(3,4)36-23-13-21(29)10-11-22(20)23/h7-13,16,20H,5-6,14-15,17H2,1-4H3,(H2,30,32). The van der Waals surface area contributed by atoms with Gasteiger partial charge in [0.25, 0.3) is 5.91 Å². The summed E-state index contributed by atoms with van der Waals surface area (Å²) in [4.78, 5) is 36.1. The molecular formula is C28H33FN4O3. The molecule has 2 aromatic carbocycles. The number of carbonyl (C=O) groups is 2. The maximum atomic E-state index is 13.7. The highest BCUT2D eigenvalue weighted by molar-refractivity contribution is 6.00. The van der Waals surface area contributed by atoms with Crippen molar-refractivity contribution in [2.45, 2.75) is 77.0 Å². The highest BCUT2D eigenvalue weighted by Gasteiger charge is 2.37. The van der Waals surface area contributed by atoms with Gasteiger partial charge in [0.2, 0.25) is 5.91 Å². The number of benzene rings is 2. The largest absolute Gasteiger partial charge is 0.487 e. The summed E-state index contributed by atoms with van der Waals surface area (Å²) < 4.78 is 19.6. The highest BCUT2D eigenvalue weighted by Crippen LogP contribution is 2.40. The number of aliphatic imine (C=N–C) groups is 2. The van der Waals surface area contributed by atoms with E-state index < -0.39 is 17.0 Å². The quantitative estimate of drug-likeness (QED) is 0.575. The van der Waals surface area contributed by atoms with Crippen LogP contribution in [0.15, 0.2) is 52.4 Å². The van der Waals surface area contributed by atoms with Crippen molar-refractivity contribution in [3.63, 3.8) is 0 Å². The number of fused-ring (bicyclic) bond motifs is 1. The Hall–Kier alpha value is -3.55. The number of ether oxygens (including phenoxy) is 1. The first-order valence-corrected chi connectivity index (χ1v) is 12.4. The van der Waals surface area contributed by atoms with Gasteiger partial charge in [0.1, 0.15) is 17.2 Å². The molecule has 0 radical (unpaired) electrons. The number of hydrogen-bond acceptors (Lipinski definition) is 5. The van der Waals surface area contributed by atoms with E-state index in [-0.39, 0.29) is 30.1 Å². The molecule has 2 aliphatic rings. The Labute approximate surface area is 211 Å². The third-order valence-corrected chi connectivity index (χ3v) is 7.09. The normalized spacial score (nSPS) is 20.6. The Kier molecular flexibility index (Phi) is 6.98. The van der Waals surface area contributed by atoms with Crippen LogP contribution in [0.5, 0.6) is 5.75 Å². The molecule has 0 saturated heterocycles. The van der Waals surface area contributed by atoms with Crippen molar-refractivity contribution in [2.24, 2.45) is 15.7 Å². The fourth-order valence-electron chi connectivity index (χ4n) is 4.91. The number of halogens is 1. The summed E-state index contributed by atoms with van der Waals surface area (Å²) >= 11 is 0. The van der Waals surface area contributed by atoms with Gasteiger partial charge in [0.15, 0.2) is 5.96 Å². The Morgan fingerprint density at radius 2 is 2.00 bits per heavy atom. The van der Waals surface area contributed by atoms with Crippen LogP contribution in [0.2, 0.25) is 0 Å². The van der Waals surface area contributed by atoms with Gasteiger partial charge in [-0.1, -0.05) is 32.0 Å². The van der Waals surface area contributed by atoms with Crippen LogP contribution in [0.1, 0.15) is 80.8 Å². The molecule has 36 heavy (non-hydrogen) atoms. The van der Waals surface area contributed by atoms with Gasteiger partial charge >= 0.3 is 0 Å². The summed E-state index contributed by atoms with van der Waals surface area (Å²) in [5, 5.41) is 0. The minimum atomic E-state index is -0.518. The smallest absolute Gasteiger partial charge is 0.276 e. The molecule has 2 amide bonds. The first kappa shape index (κ1) is 25.5. The maximum Gasteiger partial charge on any atom is 0.276 e. The van der Waals surface area contributed by atoms with E-state index in [2.05, 4.69) is 9.98 Å². The summed E-state index contributed by atoms with van der Waals surface area (Å²) in [6.07, 6.45) is 4.03.